The van der Waals surface area contributed by atoms with Crippen LogP contribution in [-0.4, -0.2) is 29.6 Å². The molecule has 3 rings (SSSR count). The fourth-order valence-electron chi connectivity index (χ4n) is 2.58. The molecule has 1 aromatic carbocycles. The Morgan fingerprint density at radius 2 is 2.07 bits per heavy atom. The van der Waals surface area contributed by atoms with E-state index < -0.39 is 0 Å². The number of thiazole rings is 1. The summed E-state index contributed by atoms with van der Waals surface area (Å²) in [5.41, 5.74) is 2.39. The van der Waals surface area contributed by atoms with Gasteiger partial charge in [-0.1, -0.05) is 0 Å². The number of amides is 1. The van der Waals surface area contributed by atoms with Gasteiger partial charge in [-0.15, -0.1) is 11.3 Å². The zero-order valence-corrected chi connectivity index (χ0v) is 16.7. The van der Waals surface area contributed by atoms with E-state index in [0.29, 0.717) is 43.1 Å². The summed E-state index contributed by atoms with van der Waals surface area (Å²) >= 11 is 1.51. The molecule has 0 saturated carbocycles. The van der Waals surface area contributed by atoms with Crippen LogP contribution < -0.4 is 14.8 Å². The lowest BCUT2D eigenvalue weighted by molar-refractivity contribution is -0.121. The lowest BCUT2D eigenvalue weighted by Gasteiger charge is -2.10. The number of nitrogens with one attached hydrogen (secondary N) is 1. The maximum absolute atomic E-state index is 12.1. The number of carbonyl (C=O) groups is 1. The van der Waals surface area contributed by atoms with Crippen molar-refractivity contribution in [2.24, 2.45) is 0 Å². The van der Waals surface area contributed by atoms with Crippen molar-refractivity contribution < 1.29 is 14.3 Å². The molecule has 3 aromatic rings. The minimum Gasteiger partial charge on any atom is -0.493 e. The number of nitriles is 1. The Bertz CT molecular complexity index is 999. The molecule has 2 aromatic heterocycles. The van der Waals surface area contributed by atoms with E-state index in [0.717, 1.165) is 16.3 Å². The second-order valence-electron chi connectivity index (χ2n) is 6.07. The molecule has 0 fully saturated rings. The predicted octanol–water partition coefficient (Wildman–Crippen LogP) is 3.56. The maximum Gasteiger partial charge on any atom is 0.220 e. The maximum atomic E-state index is 12.1. The van der Waals surface area contributed by atoms with E-state index >= 15 is 0 Å². The van der Waals surface area contributed by atoms with Gasteiger partial charge in [0.15, 0.2) is 11.5 Å². The average Bonchev–Trinajstić information content (AvgIpc) is 3.25. The highest BCUT2D eigenvalue weighted by atomic mass is 32.1. The number of ether oxygens (including phenoxy) is 2. The lowest BCUT2D eigenvalue weighted by atomic mass is 10.2. The van der Waals surface area contributed by atoms with E-state index in [4.69, 9.17) is 14.7 Å². The Hall–Kier alpha value is -3.44. The van der Waals surface area contributed by atoms with Crippen LogP contribution in [0.3, 0.4) is 0 Å². The molecule has 0 saturated heterocycles. The first-order chi connectivity index (χ1) is 14.2. The third-order valence-corrected chi connectivity index (χ3v) is 4.91. The minimum absolute atomic E-state index is 0.0546. The summed E-state index contributed by atoms with van der Waals surface area (Å²) in [6, 6.07) is 10.8. The zero-order valence-electron chi connectivity index (χ0n) is 15.9. The van der Waals surface area contributed by atoms with Gasteiger partial charge in [-0.3, -0.25) is 9.78 Å². The van der Waals surface area contributed by atoms with Crippen molar-refractivity contribution >= 4 is 17.2 Å². The highest BCUT2D eigenvalue weighted by Crippen LogP contribution is 2.28. The first-order valence-electron chi connectivity index (χ1n) is 9.02. The van der Waals surface area contributed by atoms with E-state index in [-0.39, 0.29) is 5.91 Å². The molecule has 0 aliphatic rings. The monoisotopic (exact) mass is 408 g/mol. The molecule has 2 heterocycles. The van der Waals surface area contributed by atoms with Crippen molar-refractivity contribution in [3.8, 4) is 28.8 Å². The summed E-state index contributed by atoms with van der Waals surface area (Å²) in [4.78, 5) is 20.6. The fraction of sp³-hybridized carbons (Fsp3) is 0.238. The number of hydrogen-bond acceptors (Lipinski definition) is 7. The second kappa shape index (κ2) is 10.2. The molecule has 8 heteroatoms. The van der Waals surface area contributed by atoms with Gasteiger partial charge in [0.2, 0.25) is 5.91 Å². The topological polar surface area (TPSA) is 97.1 Å². The van der Waals surface area contributed by atoms with E-state index in [1.54, 1.807) is 30.6 Å². The average molecular weight is 408 g/mol. The molecule has 29 heavy (non-hydrogen) atoms. The Kier molecular flexibility index (Phi) is 7.14. The highest BCUT2D eigenvalue weighted by Gasteiger charge is 2.08. The number of rotatable bonds is 9. The van der Waals surface area contributed by atoms with Crippen molar-refractivity contribution in [1.29, 1.82) is 5.26 Å². The SMILES string of the molecule is COc1cc(C#N)ccc1OCCCC(=O)NCc1nc(-c2ccncc2)cs1. The van der Waals surface area contributed by atoms with Crippen LogP contribution in [0.2, 0.25) is 0 Å². The predicted molar refractivity (Wildman–Crippen MR) is 110 cm³/mol. The van der Waals surface area contributed by atoms with E-state index in [2.05, 4.69) is 21.4 Å². The van der Waals surface area contributed by atoms with Gasteiger partial charge < -0.3 is 14.8 Å². The number of pyridine rings is 1. The van der Waals surface area contributed by atoms with E-state index in [9.17, 15) is 4.79 Å². The molecule has 7 nitrogen and oxygen atoms in total. The van der Waals surface area contributed by atoms with Crippen molar-refractivity contribution in [2.75, 3.05) is 13.7 Å². The second-order valence-corrected chi connectivity index (χ2v) is 7.01. The molecule has 1 N–H and O–H groups in total. The fourth-order valence-corrected chi connectivity index (χ4v) is 3.32. The normalized spacial score (nSPS) is 10.2. The number of methoxy groups -OCH3 is 1. The van der Waals surface area contributed by atoms with Crippen molar-refractivity contribution in [2.45, 2.75) is 19.4 Å². The third kappa shape index (κ3) is 5.77. The Morgan fingerprint density at radius 3 is 2.83 bits per heavy atom. The molecule has 0 bridgehead atoms. The van der Waals surface area contributed by atoms with Crippen molar-refractivity contribution in [3.05, 3.63) is 58.7 Å². The first-order valence-corrected chi connectivity index (χ1v) is 9.90. The van der Waals surface area contributed by atoms with Gasteiger partial charge >= 0.3 is 0 Å². The van der Waals surface area contributed by atoms with Crippen molar-refractivity contribution in [1.82, 2.24) is 15.3 Å². The van der Waals surface area contributed by atoms with Crippen molar-refractivity contribution in [3.63, 3.8) is 0 Å². The van der Waals surface area contributed by atoms with Gasteiger partial charge in [0.05, 0.1) is 37.6 Å². The van der Waals surface area contributed by atoms with Crippen LogP contribution in [0.4, 0.5) is 0 Å². The number of carbonyl (C=O) groups excluding carboxylic acids is 1. The Morgan fingerprint density at radius 1 is 1.24 bits per heavy atom. The summed E-state index contributed by atoms with van der Waals surface area (Å²) in [6.07, 6.45) is 4.37. The van der Waals surface area contributed by atoms with Gasteiger partial charge in [0.25, 0.3) is 0 Å². The van der Waals surface area contributed by atoms with Crippen LogP contribution in [0.1, 0.15) is 23.4 Å². The van der Waals surface area contributed by atoms with Crippen LogP contribution in [0.25, 0.3) is 11.3 Å². The summed E-state index contributed by atoms with van der Waals surface area (Å²) < 4.78 is 10.9. The minimum atomic E-state index is -0.0546. The number of nitrogens with zero attached hydrogens (tertiary/aromatic N) is 3. The molecule has 1 amide bonds. The molecule has 148 valence electrons. The highest BCUT2D eigenvalue weighted by molar-refractivity contribution is 7.09. The standard InChI is InChI=1S/C21H20N4O3S/c1-27-19-11-15(12-22)4-5-18(19)28-10-2-3-20(26)24-13-21-25-17(14-29-21)16-6-8-23-9-7-16/h4-9,11,14H,2-3,10,13H2,1H3,(H,24,26). The van der Waals surface area contributed by atoms with Gasteiger partial charge in [0.1, 0.15) is 5.01 Å². The molecule has 0 unspecified atom stereocenters. The first kappa shape index (κ1) is 20.3. The molecular weight excluding hydrogens is 388 g/mol. The summed E-state index contributed by atoms with van der Waals surface area (Å²) in [5, 5.41) is 14.6. The van der Waals surface area contributed by atoms with E-state index in [1.807, 2.05) is 17.5 Å². The Labute approximate surface area is 173 Å². The largest absolute Gasteiger partial charge is 0.493 e. The quantitative estimate of drug-likeness (QED) is 0.544. The van der Waals surface area contributed by atoms with Gasteiger partial charge in [-0.25, -0.2) is 4.98 Å². The summed E-state index contributed by atoms with van der Waals surface area (Å²) in [5.74, 6) is 1.00. The molecule has 0 spiro atoms. The van der Waals surface area contributed by atoms with Crippen LogP contribution in [-0.2, 0) is 11.3 Å². The van der Waals surface area contributed by atoms with Crippen LogP contribution in [0.15, 0.2) is 48.1 Å². The summed E-state index contributed by atoms with van der Waals surface area (Å²) in [7, 11) is 1.52. The van der Waals surface area contributed by atoms with Gasteiger partial charge in [-0.2, -0.15) is 5.26 Å². The molecule has 0 aliphatic carbocycles. The molecular formula is C21H20N4O3S. The van der Waals surface area contributed by atoms with Gasteiger partial charge in [-0.05, 0) is 30.7 Å². The summed E-state index contributed by atoms with van der Waals surface area (Å²) in [6.45, 7) is 0.776. The number of hydrogen-bond donors (Lipinski definition) is 1. The van der Waals surface area contributed by atoms with Gasteiger partial charge in [0, 0.05) is 35.8 Å². The van der Waals surface area contributed by atoms with Crippen LogP contribution in [0.5, 0.6) is 11.5 Å². The number of aromatic nitrogens is 2. The van der Waals surface area contributed by atoms with E-state index in [1.165, 1.54) is 18.4 Å². The number of benzene rings is 1. The third-order valence-electron chi connectivity index (χ3n) is 4.06. The lowest BCUT2D eigenvalue weighted by Crippen LogP contribution is -2.22. The molecule has 0 atom stereocenters. The Balaban J connectivity index is 1.40. The molecule has 0 aliphatic heterocycles. The zero-order chi connectivity index (χ0) is 20.5. The van der Waals surface area contributed by atoms with Crippen LogP contribution >= 0.6 is 11.3 Å². The molecule has 0 radical (unpaired) electrons. The smallest absolute Gasteiger partial charge is 0.220 e. The van der Waals surface area contributed by atoms with Crippen LogP contribution in [0, 0.1) is 11.3 Å².